The zero-order valence-electron chi connectivity index (χ0n) is 12.4. The normalized spacial score (nSPS) is 12.0. The van der Waals surface area contributed by atoms with E-state index in [1.807, 2.05) is 36.5 Å². The quantitative estimate of drug-likeness (QED) is 0.856. The smallest absolute Gasteiger partial charge is 0.322 e. The fourth-order valence-corrected chi connectivity index (χ4v) is 2.17. The average Bonchev–Trinajstić information content (AvgIpc) is 2.54. The second-order valence-electron chi connectivity index (χ2n) is 4.92. The molecular formula is C17H20N2O2. The van der Waals surface area contributed by atoms with E-state index in [0.717, 1.165) is 28.8 Å². The molecule has 0 spiro atoms. The van der Waals surface area contributed by atoms with E-state index in [9.17, 15) is 4.79 Å². The number of rotatable bonds is 5. The minimum Gasteiger partial charge on any atom is -0.468 e. The van der Waals surface area contributed by atoms with Crippen molar-refractivity contribution < 1.29 is 9.53 Å². The predicted molar refractivity (Wildman–Crippen MR) is 82.7 cm³/mol. The van der Waals surface area contributed by atoms with Crippen molar-refractivity contribution in [1.82, 2.24) is 4.98 Å². The summed E-state index contributed by atoms with van der Waals surface area (Å²) < 4.78 is 4.63. The molecule has 1 aromatic carbocycles. The highest BCUT2D eigenvalue weighted by molar-refractivity contribution is 5.75. The summed E-state index contributed by atoms with van der Waals surface area (Å²) in [5.74, 6) is -0.388. The molecule has 0 saturated heterocycles. The van der Waals surface area contributed by atoms with Crippen LogP contribution in [0.25, 0.3) is 11.1 Å². The van der Waals surface area contributed by atoms with Crippen LogP contribution in [-0.2, 0) is 22.4 Å². The van der Waals surface area contributed by atoms with E-state index in [-0.39, 0.29) is 5.97 Å². The van der Waals surface area contributed by atoms with Crippen LogP contribution in [0.1, 0.15) is 18.2 Å². The Hall–Kier alpha value is -2.20. The molecule has 0 saturated carbocycles. The first kappa shape index (κ1) is 15.2. The van der Waals surface area contributed by atoms with Crippen molar-refractivity contribution in [3.63, 3.8) is 0 Å². The van der Waals surface area contributed by atoms with Gasteiger partial charge < -0.3 is 10.5 Å². The fourth-order valence-electron chi connectivity index (χ4n) is 2.17. The molecule has 4 nitrogen and oxygen atoms in total. The number of aromatic nitrogens is 1. The molecule has 4 heteroatoms. The molecule has 1 atom stereocenters. The van der Waals surface area contributed by atoms with Crippen LogP contribution in [0.5, 0.6) is 0 Å². The van der Waals surface area contributed by atoms with Gasteiger partial charge in [0.05, 0.1) is 7.11 Å². The second kappa shape index (κ2) is 6.99. The Morgan fingerprint density at radius 3 is 2.57 bits per heavy atom. The lowest BCUT2D eigenvalue weighted by molar-refractivity contribution is -0.142. The van der Waals surface area contributed by atoms with Gasteiger partial charge in [-0.3, -0.25) is 9.78 Å². The van der Waals surface area contributed by atoms with E-state index < -0.39 is 6.04 Å². The first-order chi connectivity index (χ1) is 10.1. The highest BCUT2D eigenvalue weighted by atomic mass is 16.5. The van der Waals surface area contributed by atoms with Crippen molar-refractivity contribution >= 4 is 5.97 Å². The molecule has 2 rings (SSSR count). The Labute approximate surface area is 125 Å². The Morgan fingerprint density at radius 1 is 1.24 bits per heavy atom. The molecule has 0 bridgehead atoms. The topological polar surface area (TPSA) is 65.2 Å². The van der Waals surface area contributed by atoms with Crippen molar-refractivity contribution in [2.75, 3.05) is 7.11 Å². The Balaban J connectivity index is 2.13. The Kier molecular flexibility index (Phi) is 5.06. The van der Waals surface area contributed by atoms with Crippen molar-refractivity contribution in [3.8, 4) is 11.1 Å². The highest BCUT2D eigenvalue weighted by Gasteiger charge is 2.14. The minimum atomic E-state index is -0.617. The first-order valence-electron chi connectivity index (χ1n) is 7.01. The van der Waals surface area contributed by atoms with Gasteiger partial charge in [0.15, 0.2) is 0 Å². The summed E-state index contributed by atoms with van der Waals surface area (Å²) in [6.07, 6.45) is 3.22. The van der Waals surface area contributed by atoms with Gasteiger partial charge in [-0.15, -0.1) is 0 Å². The van der Waals surface area contributed by atoms with Crippen molar-refractivity contribution in [1.29, 1.82) is 0 Å². The number of methoxy groups -OCH3 is 1. The number of ether oxygens (including phenoxy) is 1. The van der Waals surface area contributed by atoms with Crippen LogP contribution in [0, 0.1) is 0 Å². The molecular weight excluding hydrogens is 264 g/mol. The van der Waals surface area contributed by atoms with Crippen LogP contribution >= 0.6 is 0 Å². The summed E-state index contributed by atoms with van der Waals surface area (Å²) in [6.45, 7) is 2.09. The molecule has 0 amide bonds. The van der Waals surface area contributed by atoms with Crippen LogP contribution in [0.15, 0.2) is 42.6 Å². The molecule has 1 unspecified atom stereocenters. The van der Waals surface area contributed by atoms with E-state index in [1.165, 1.54) is 7.11 Å². The number of benzene rings is 1. The molecule has 0 aliphatic carbocycles. The SMILES string of the molecule is CCc1cc(-c2ccc(CC(N)C(=O)OC)cc2)ccn1. The van der Waals surface area contributed by atoms with Gasteiger partial charge in [-0.2, -0.15) is 0 Å². The van der Waals surface area contributed by atoms with Crippen LogP contribution in [0.2, 0.25) is 0 Å². The number of esters is 1. The summed E-state index contributed by atoms with van der Waals surface area (Å²) >= 11 is 0. The van der Waals surface area contributed by atoms with Crippen molar-refractivity contribution in [2.45, 2.75) is 25.8 Å². The van der Waals surface area contributed by atoms with Crippen LogP contribution in [0.4, 0.5) is 0 Å². The molecule has 0 aliphatic rings. The van der Waals surface area contributed by atoms with Gasteiger partial charge in [0.2, 0.25) is 0 Å². The maximum atomic E-state index is 11.3. The molecule has 0 aliphatic heterocycles. The van der Waals surface area contributed by atoms with E-state index in [2.05, 4.69) is 22.7 Å². The molecule has 21 heavy (non-hydrogen) atoms. The molecule has 110 valence electrons. The second-order valence-corrected chi connectivity index (χ2v) is 4.92. The summed E-state index contributed by atoms with van der Waals surface area (Å²) in [7, 11) is 1.35. The molecule has 2 aromatic rings. The van der Waals surface area contributed by atoms with Gasteiger partial charge in [-0.1, -0.05) is 31.2 Å². The van der Waals surface area contributed by atoms with E-state index in [1.54, 1.807) is 0 Å². The average molecular weight is 284 g/mol. The lowest BCUT2D eigenvalue weighted by atomic mass is 10.0. The number of aryl methyl sites for hydroxylation is 1. The van der Waals surface area contributed by atoms with E-state index in [0.29, 0.717) is 6.42 Å². The van der Waals surface area contributed by atoms with E-state index >= 15 is 0 Å². The third-order valence-corrected chi connectivity index (χ3v) is 3.43. The van der Waals surface area contributed by atoms with Gasteiger partial charge in [-0.05, 0) is 41.7 Å². The summed E-state index contributed by atoms with van der Waals surface area (Å²) in [4.78, 5) is 15.6. The number of hydrogen-bond donors (Lipinski definition) is 1. The van der Waals surface area contributed by atoms with Gasteiger partial charge in [0.1, 0.15) is 6.04 Å². The number of pyridine rings is 1. The maximum absolute atomic E-state index is 11.3. The molecule has 1 heterocycles. The maximum Gasteiger partial charge on any atom is 0.322 e. The molecule has 0 fully saturated rings. The summed E-state index contributed by atoms with van der Waals surface area (Å²) in [5.41, 5.74) is 10.1. The fraction of sp³-hybridized carbons (Fsp3) is 0.294. The number of carbonyl (C=O) groups is 1. The van der Waals surface area contributed by atoms with Gasteiger partial charge >= 0.3 is 5.97 Å². The number of carbonyl (C=O) groups excluding carboxylic acids is 1. The third kappa shape index (κ3) is 3.89. The van der Waals surface area contributed by atoms with Crippen molar-refractivity contribution in [3.05, 3.63) is 53.9 Å². The van der Waals surface area contributed by atoms with Gasteiger partial charge in [0, 0.05) is 11.9 Å². The number of nitrogens with zero attached hydrogens (tertiary/aromatic N) is 1. The minimum absolute atomic E-state index is 0.388. The predicted octanol–water partition coefficient (Wildman–Crippen LogP) is 2.35. The third-order valence-electron chi connectivity index (χ3n) is 3.43. The highest BCUT2D eigenvalue weighted by Crippen LogP contribution is 2.20. The Bertz CT molecular complexity index is 608. The largest absolute Gasteiger partial charge is 0.468 e. The molecule has 2 N–H and O–H groups in total. The first-order valence-corrected chi connectivity index (χ1v) is 7.01. The number of hydrogen-bond acceptors (Lipinski definition) is 4. The Morgan fingerprint density at radius 2 is 1.95 bits per heavy atom. The molecule has 0 radical (unpaired) electrons. The zero-order valence-corrected chi connectivity index (χ0v) is 12.4. The summed E-state index contributed by atoms with van der Waals surface area (Å²) in [6, 6.07) is 11.5. The zero-order chi connectivity index (χ0) is 15.2. The van der Waals surface area contributed by atoms with Gasteiger partial charge in [-0.25, -0.2) is 0 Å². The van der Waals surface area contributed by atoms with E-state index in [4.69, 9.17) is 5.73 Å². The standard InChI is InChI=1S/C17H20N2O2/c1-3-15-11-14(8-9-19-15)13-6-4-12(5-7-13)10-16(18)17(20)21-2/h4-9,11,16H,3,10,18H2,1-2H3. The van der Waals surface area contributed by atoms with Crippen LogP contribution in [0.3, 0.4) is 0 Å². The van der Waals surface area contributed by atoms with Crippen LogP contribution in [-0.4, -0.2) is 24.1 Å². The monoisotopic (exact) mass is 284 g/mol. The lowest BCUT2D eigenvalue weighted by Gasteiger charge is -2.10. The van der Waals surface area contributed by atoms with Crippen LogP contribution < -0.4 is 5.73 Å². The molecule has 1 aromatic heterocycles. The number of nitrogens with two attached hydrogens (primary N) is 1. The van der Waals surface area contributed by atoms with Gasteiger partial charge in [0.25, 0.3) is 0 Å². The van der Waals surface area contributed by atoms with Crippen molar-refractivity contribution in [2.24, 2.45) is 5.73 Å². The summed E-state index contributed by atoms with van der Waals surface area (Å²) in [5, 5.41) is 0. The lowest BCUT2D eigenvalue weighted by Crippen LogP contribution is -2.33.